The van der Waals surface area contributed by atoms with Gasteiger partial charge >= 0.3 is 5.97 Å². The topological polar surface area (TPSA) is 72.6 Å². The van der Waals surface area contributed by atoms with Gasteiger partial charge in [-0.05, 0) is 37.5 Å². The number of carbonyl (C=O) groups is 1. The number of rotatable bonds is 5. The molecule has 0 radical (unpaired) electrons. The van der Waals surface area contributed by atoms with Crippen molar-refractivity contribution >= 4 is 11.7 Å². The van der Waals surface area contributed by atoms with Gasteiger partial charge in [-0.3, -0.25) is 0 Å². The van der Waals surface area contributed by atoms with E-state index in [1.165, 1.54) is 0 Å². The number of nitrogen functional groups attached to an aromatic ring is 1. The first-order valence-electron chi connectivity index (χ1n) is 5.30. The van der Waals surface area contributed by atoms with Gasteiger partial charge in [0.25, 0.3) is 0 Å². The number of aliphatic hydroxyl groups is 1. The highest BCUT2D eigenvalue weighted by Crippen LogP contribution is 2.16. The minimum atomic E-state index is -0.359. The van der Waals surface area contributed by atoms with E-state index in [0.29, 0.717) is 30.7 Å². The average molecular weight is 223 g/mol. The molecule has 0 amide bonds. The van der Waals surface area contributed by atoms with Crippen LogP contribution in [-0.4, -0.2) is 24.3 Å². The van der Waals surface area contributed by atoms with Gasteiger partial charge in [-0.15, -0.1) is 0 Å². The van der Waals surface area contributed by atoms with Crippen LogP contribution in [0.4, 0.5) is 5.69 Å². The zero-order chi connectivity index (χ0) is 12.0. The molecule has 0 saturated carbocycles. The van der Waals surface area contributed by atoms with Crippen molar-refractivity contribution in [3.63, 3.8) is 0 Å². The smallest absolute Gasteiger partial charge is 0.338 e. The van der Waals surface area contributed by atoms with Gasteiger partial charge in [0.15, 0.2) is 0 Å². The molecule has 0 aliphatic carbocycles. The number of esters is 1. The fourth-order valence-electron chi connectivity index (χ4n) is 1.33. The third-order valence-corrected chi connectivity index (χ3v) is 2.38. The molecule has 0 atom stereocenters. The number of hydrogen-bond donors (Lipinski definition) is 2. The molecule has 0 heterocycles. The summed E-state index contributed by atoms with van der Waals surface area (Å²) in [5, 5.41) is 8.57. The van der Waals surface area contributed by atoms with E-state index in [1.807, 2.05) is 0 Å². The van der Waals surface area contributed by atoms with Crippen molar-refractivity contribution in [3.8, 4) is 0 Å². The molecule has 0 spiro atoms. The van der Waals surface area contributed by atoms with Crippen LogP contribution >= 0.6 is 0 Å². The van der Waals surface area contributed by atoms with Crippen LogP contribution in [0, 0.1) is 6.92 Å². The van der Waals surface area contributed by atoms with Gasteiger partial charge in [-0.1, -0.05) is 6.07 Å². The van der Waals surface area contributed by atoms with E-state index >= 15 is 0 Å². The second-order valence-electron chi connectivity index (χ2n) is 3.59. The van der Waals surface area contributed by atoms with Gasteiger partial charge < -0.3 is 15.6 Å². The summed E-state index contributed by atoms with van der Waals surface area (Å²) in [5.74, 6) is -0.359. The van der Waals surface area contributed by atoms with E-state index in [1.54, 1.807) is 25.1 Å². The Balaban J connectivity index is 2.56. The molecule has 88 valence electrons. The van der Waals surface area contributed by atoms with Crippen molar-refractivity contribution < 1.29 is 14.6 Å². The molecule has 4 nitrogen and oxygen atoms in total. The zero-order valence-electron chi connectivity index (χ0n) is 9.40. The molecule has 1 aromatic carbocycles. The molecule has 0 bridgehead atoms. The van der Waals surface area contributed by atoms with E-state index < -0.39 is 0 Å². The molecule has 1 aromatic rings. The summed E-state index contributed by atoms with van der Waals surface area (Å²) in [5.41, 5.74) is 7.53. The first-order chi connectivity index (χ1) is 7.66. The molecular weight excluding hydrogens is 206 g/mol. The van der Waals surface area contributed by atoms with E-state index in [0.717, 1.165) is 5.56 Å². The summed E-state index contributed by atoms with van der Waals surface area (Å²) in [6, 6.07) is 5.17. The monoisotopic (exact) mass is 223 g/mol. The SMILES string of the molecule is Cc1c(N)cccc1C(=O)OCCCCO. The summed E-state index contributed by atoms with van der Waals surface area (Å²) in [6.07, 6.45) is 1.31. The maximum Gasteiger partial charge on any atom is 0.338 e. The second-order valence-corrected chi connectivity index (χ2v) is 3.59. The van der Waals surface area contributed by atoms with Crippen molar-refractivity contribution in [1.29, 1.82) is 0 Å². The maximum atomic E-state index is 11.6. The molecule has 16 heavy (non-hydrogen) atoms. The minimum absolute atomic E-state index is 0.120. The highest BCUT2D eigenvalue weighted by atomic mass is 16.5. The molecule has 3 N–H and O–H groups in total. The second kappa shape index (κ2) is 6.12. The fraction of sp³-hybridized carbons (Fsp3) is 0.417. The van der Waals surface area contributed by atoms with Gasteiger partial charge in [-0.2, -0.15) is 0 Å². The Hall–Kier alpha value is -1.55. The Morgan fingerprint density at radius 2 is 2.19 bits per heavy atom. The predicted molar refractivity (Wildman–Crippen MR) is 62.2 cm³/mol. The largest absolute Gasteiger partial charge is 0.462 e. The van der Waals surface area contributed by atoms with E-state index in [4.69, 9.17) is 15.6 Å². The van der Waals surface area contributed by atoms with Crippen LogP contribution < -0.4 is 5.73 Å². The third kappa shape index (κ3) is 3.24. The van der Waals surface area contributed by atoms with Crippen molar-refractivity contribution in [2.45, 2.75) is 19.8 Å². The predicted octanol–water partition coefficient (Wildman–Crippen LogP) is 1.51. The summed E-state index contributed by atoms with van der Waals surface area (Å²) < 4.78 is 5.06. The first kappa shape index (κ1) is 12.5. The lowest BCUT2D eigenvalue weighted by Crippen LogP contribution is -2.09. The number of unbranched alkanes of at least 4 members (excludes halogenated alkanes) is 1. The first-order valence-corrected chi connectivity index (χ1v) is 5.30. The highest BCUT2D eigenvalue weighted by Gasteiger charge is 2.11. The van der Waals surface area contributed by atoms with Crippen LogP contribution in [0.1, 0.15) is 28.8 Å². The summed E-state index contributed by atoms with van der Waals surface area (Å²) in [6.45, 7) is 2.24. The van der Waals surface area contributed by atoms with Gasteiger partial charge in [-0.25, -0.2) is 4.79 Å². The molecular formula is C12H17NO3. The lowest BCUT2D eigenvalue weighted by Gasteiger charge is -2.08. The van der Waals surface area contributed by atoms with Crippen LogP contribution in [0.3, 0.4) is 0 Å². The summed E-state index contributed by atoms with van der Waals surface area (Å²) in [4.78, 5) is 11.6. The van der Waals surface area contributed by atoms with E-state index in [9.17, 15) is 4.79 Å². The Labute approximate surface area is 95.0 Å². The number of ether oxygens (including phenoxy) is 1. The number of carbonyl (C=O) groups excluding carboxylic acids is 1. The van der Waals surface area contributed by atoms with Crippen molar-refractivity contribution in [1.82, 2.24) is 0 Å². The normalized spacial score (nSPS) is 10.1. The van der Waals surface area contributed by atoms with Crippen LogP contribution in [0.15, 0.2) is 18.2 Å². The molecule has 1 rings (SSSR count). The standard InChI is InChI=1S/C12H17NO3/c1-9-10(5-4-6-11(9)13)12(15)16-8-3-2-7-14/h4-6,14H,2-3,7-8,13H2,1H3. The van der Waals surface area contributed by atoms with Gasteiger partial charge in [0.05, 0.1) is 12.2 Å². The maximum absolute atomic E-state index is 11.6. The molecule has 0 saturated heterocycles. The van der Waals surface area contributed by atoms with E-state index in [-0.39, 0.29) is 12.6 Å². The quantitative estimate of drug-likeness (QED) is 0.451. The Kier molecular flexibility index (Phi) is 4.79. The zero-order valence-corrected chi connectivity index (χ0v) is 9.40. The van der Waals surface area contributed by atoms with Gasteiger partial charge in [0.2, 0.25) is 0 Å². The molecule has 0 aliphatic heterocycles. The fourth-order valence-corrected chi connectivity index (χ4v) is 1.33. The number of benzene rings is 1. The highest BCUT2D eigenvalue weighted by molar-refractivity contribution is 5.92. The van der Waals surface area contributed by atoms with Gasteiger partial charge in [0, 0.05) is 12.3 Å². The van der Waals surface area contributed by atoms with Crippen molar-refractivity contribution in [3.05, 3.63) is 29.3 Å². The van der Waals surface area contributed by atoms with Crippen LogP contribution in [0.25, 0.3) is 0 Å². The number of nitrogens with two attached hydrogens (primary N) is 1. The third-order valence-electron chi connectivity index (χ3n) is 2.38. The Morgan fingerprint density at radius 1 is 1.44 bits per heavy atom. The number of hydrogen-bond acceptors (Lipinski definition) is 4. The van der Waals surface area contributed by atoms with Crippen LogP contribution in [0.5, 0.6) is 0 Å². The minimum Gasteiger partial charge on any atom is -0.462 e. The van der Waals surface area contributed by atoms with E-state index in [2.05, 4.69) is 0 Å². The van der Waals surface area contributed by atoms with Crippen LogP contribution in [0.2, 0.25) is 0 Å². The molecule has 0 fully saturated rings. The van der Waals surface area contributed by atoms with Crippen LogP contribution in [-0.2, 0) is 4.74 Å². The molecule has 0 unspecified atom stereocenters. The van der Waals surface area contributed by atoms with Gasteiger partial charge in [0.1, 0.15) is 0 Å². The molecule has 0 aromatic heterocycles. The Bertz CT molecular complexity index is 363. The molecule has 4 heteroatoms. The Morgan fingerprint density at radius 3 is 2.88 bits per heavy atom. The average Bonchev–Trinajstić information content (AvgIpc) is 2.28. The molecule has 0 aliphatic rings. The summed E-state index contributed by atoms with van der Waals surface area (Å²) in [7, 11) is 0. The lowest BCUT2D eigenvalue weighted by molar-refractivity contribution is 0.0492. The number of aliphatic hydroxyl groups excluding tert-OH is 1. The number of anilines is 1. The van der Waals surface area contributed by atoms with Crippen molar-refractivity contribution in [2.24, 2.45) is 0 Å². The van der Waals surface area contributed by atoms with Crippen molar-refractivity contribution in [2.75, 3.05) is 18.9 Å². The summed E-state index contributed by atoms with van der Waals surface area (Å²) >= 11 is 0. The lowest BCUT2D eigenvalue weighted by atomic mass is 10.1.